The smallest absolute Gasteiger partial charge is 0.191 e. The first-order chi connectivity index (χ1) is 13.5. The maximum Gasteiger partial charge on any atom is 0.191 e. The van der Waals surface area contributed by atoms with Crippen LogP contribution in [-0.2, 0) is 5.75 Å². The van der Waals surface area contributed by atoms with Crippen LogP contribution in [0.1, 0.15) is 24.5 Å². The quantitative estimate of drug-likeness (QED) is 0.317. The molecule has 28 heavy (non-hydrogen) atoms. The lowest BCUT2D eigenvalue weighted by Crippen LogP contribution is -2.31. The fourth-order valence-corrected chi connectivity index (χ4v) is 3.94. The highest BCUT2D eigenvalue weighted by atomic mass is 32.2. The molecule has 0 unspecified atom stereocenters. The van der Waals surface area contributed by atoms with E-state index in [0.29, 0.717) is 16.8 Å². The van der Waals surface area contributed by atoms with Crippen LogP contribution in [0.15, 0.2) is 23.4 Å². The molecule has 1 atom stereocenters. The number of benzene rings is 1. The Morgan fingerprint density at radius 3 is 2.64 bits per heavy atom. The molecule has 0 spiro atoms. The number of aryl methyl sites for hydroxylation is 1. The largest absolute Gasteiger partial charge is 0.394 e. The predicted molar refractivity (Wildman–Crippen MR) is 110 cm³/mol. The summed E-state index contributed by atoms with van der Waals surface area (Å²) in [6, 6.07) is 4.73. The van der Waals surface area contributed by atoms with Crippen LogP contribution in [0.25, 0.3) is 0 Å². The van der Waals surface area contributed by atoms with Crippen LogP contribution in [0.2, 0.25) is 0 Å². The number of hydrogen-bond acceptors (Lipinski definition) is 8. The summed E-state index contributed by atoms with van der Waals surface area (Å²) in [5, 5.41) is 12.8. The summed E-state index contributed by atoms with van der Waals surface area (Å²) in [6.45, 7) is 5.38. The lowest BCUT2D eigenvalue weighted by Gasteiger charge is -2.28. The summed E-state index contributed by atoms with van der Waals surface area (Å²) >= 11 is 2.70. The predicted octanol–water partition coefficient (Wildman–Crippen LogP) is 3.83. The summed E-state index contributed by atoms with van der Waals surface area (Å²) in [7, 11) is 0. The number of hydrogen-bond donors (Lipinski definition) is 3. The summed E-state index contributed by atoms with van der Waals surface area (Å²) < 4.78 is 33.2. The zero-order valence-corrected chi connectivity index (χ0v) is 17.3. The van der Waals surface area contributed by atoms with E-state index in [2.05, 4.69) is 24.3 Å². The molecule has 0 radical (unpaired) electrons. The average molecular weight is 428 g/mol. The van der Waals surface area contributed by atoms with Crippen LogP contribution in [0.5, 0.6) is 0 Å². The Kier molecular flexibility index (Phi) is 7.33. The molecule has 152 valence electrons. The minimum absolute atomic E-state index is 0.0361. The van der Waals surface area contributed by atoms with Gasteiger partial charge in [0.25, 0.3) is 0 Å². The molecule has 0 amide bonds. The Morgan fingerprint density at radius 2 is 1.96 bits per heavy atom. The minimum atomic E-state index is -0.831. The third-order valence-corrected chi connectivity index (χ3v) is 6.00. The molecule has 1 aliphatic rings. The first-order valence-corrected chi connectivity index (χ1v) is 10.7. The van der Waals surface area contributed by atoms with Gasteiger partial charge < -0.3 is 15.1 Å². The van der Waals surface area contributed by atoms with Crippen molar-refractivity contribution < 1.29 is 13.9 Å². The fraction of sp³-hybridized carbons (Fsp3) is 0.444. The zero-order chi connectivity index (χ0) is 20.1. The van der Waals surface area contributed by atoms with Crippen LogP contribution in [-0.4, -0.2) is 45.1 Å². The van der Waals surface area contributed by atoms with Gasteiger partial charge in [-0.15, -0.1) is 0 Å². The van der Waals surface area contributed by atoms with Crippen molar-refractivity contribution in [2.45, 2.75) is 37.2 Å². The molecule has 0 saturated carbocycles. The van der Waals surface area contributed by atoms with Gasteiger partial charge in [0.2, 0.25) is 0 Å². The molecule has 1 aromatic carbocycles. The normalized spacial score (nSPS) is 15.2. The van der Waals surface area contributed by atoms with Crippen LogP contribution in [0, 0.1) is 18.6 Å². The molecule has 3 N–H and O–H groups in total. The molecule has 10 heteroatoms. The van der Waals surface area contributed by atoms with Crippen molar-refractivity contribution in [2.75, 3.05) is 29.7 Å². The summed E-state index contributed by atoms with van der Waals surface area (Å²) in [5.41, 5.74) is 0.546. The molecule has 0 aliphatic carbocycles. The van der Waals surface area contributed by atoms with Gasteiger partial charge in [-0.2, -0.15) is 0 Å². The van der Waals surface area contributed by atoms with Gasteiger partial charge in [-0.3, -0.25) is 0 Å². The maximum atomic E-state index is 14.1. The number of nitrogens with zero attached hydrogens (tertiary/aromatic N) is 3. The third-order valence-electron chi connectivity index (χ3n) is 4.18. The first-order valence-electron chi connectivity index (χ1n) is 8.97. The van der Waals surface area contributed by atoms with E-state index in [0.717, 1.165) is 13.1 Å². The van der Waals surface area contributed by atoms with Gasteiger partial charge in [-0.1, -0.05) is 23.9 Å². The summed E-state index contributed by atoms with van der Waals surface area (Å²) in [5.74, 6) is -0.276. The number of nitrogens with one attached hydrogen (secondary N) is 2. The first kappa shape index (κ1) is 21.1. The topological polar surface area (TPSA) is 73.3 Å². The van der Waals surface area contributed by atoms with E-state index in [1.165, 1.54) is 37.2 Å². The summed E-state index contributed by atoms with van der Waals surface area (Å²) in [4.78, 5) is 8.87. The molecular formula is C18H23F2N5OS2. The lowest BCUT2D eigenvalue weighted by atomic mass is 10.1. The van der Waals surface area contributed by atoms with E-state index >= 15 is 0 Å². The molecule has 1 fully saturated rings. The minimum Gasteiger partial charge on any atom is -0.394 e. The van der Waals surface area contributed by atoms with Gasteiger partial charge >= 0.3 is 0 Å². The van der Waals surface area contributed by atoms with Gasteiger partial charge in [-0.05, 0) is 25.8 Å². The monoisotopic (exact) mass is 427 g/mol. The molecule has 6 nitrogen and oxygen atoms in total. The molecule has 1 aromatic heterocycles. The van der Waals surface area contributed by atoms with Crippen molar-refractivity contribution in [3.8, 4) is 0 Å². The van der Waals surface area contributed by atoms with Gasteiger partial charge in [0.05, 0.1) is 6.61 Å². The van der Waals surface area contributed by atoms with E-state index in [1.54, 1.807) is 18.2 Å². The van der Waals surface area contributed by atoms with E-state index in [-0.39, 0.29) is 29.5 Å². The van der Waals surface area contributed by atoms with Crippen molar-refractivity contribution in [1.29, 1.82) is 0 Å². The highest BCUT2D eigenvalue weighted by Crippen LogP contribution is 2.28. The van der Waals surface area contributed by atoms with Crippen molar-refractivity contribution >= 4 is 35.5 Å². The Morgan fingerprint density at radius 1 is 1.21 bits per heavy atom. The van der Waals surface area contributed by atoms with Crippen molar-refractivity contribution in [1.82, 2.24) is 14.3 Å². The Labute approximate surface area is 171 Å². The molecular weight excluding hydrogens is 404 g/mol. The van der Waals surface area contributed by atoms with Crippen LogP contribution in [0.4, 0.5) is 20.4 Å². The van der Waals surface area contributed by atoms with Crippen molar-refractivity contribution in [3.63, 3.8) is 0 Å². The number of anilines is 2. The standard InChI is InChI=1S/C18H23F2N5OS2/c1-11-4-5-13(17(20)16(11)19)10-27-18-22-14(21-12(2)9-26)8-15(23-18)24-28-25-6-3-7-25/h4-5,8,12,26H,3,6-7,9-10H2,1-2H3,(H2,21,22,23,24)/t12-/m1/s1. The average Bonchev–Trinajstić information content (AvgIpc) is 2.64. The molecule has 0 bridgehead atoms. The molecule has 3 rings (SSSR count). The molecule has 2 aromatic rings. The van der Waals surface area contributed by atoms with E-state index in [4.69, 9.17) is 0 Å². The number of aromatic nitrogens is 2. The number of aliphatic hydroxyl groups excluding tert-OH is 1. The number of halogens is 2. The molecule has 2 heterocycles. The maximum absolute atomic E-state index is 14.1. The van der Waals surface area contributed by atoms with Crippen molar-refractivity contribution in [3.05, 3.63) is 41.0 Å². The van der Waals surface area contributed by atoms with Gasteiger partial charge in [0, 0.05) is 48.6 Å². The number of rotatable bonds is 9. The third kappa shape index (κ3) is 5.47. The SMILES string of the molecule is Cc1ccc(CSc2nc(NSN3CCC3)cc(N[C@H](C)CO)n2)c(F)c1F. The van der Waals surface area contributed by atoms with Crippen LogP contribution in [0.3, 0.4) is 0 Å². The van der Waals surface area contributed by atoms with Crippen molar-refractivity contribution in [2.24, 2.45) is 0 Å². The fourth-order valence-electron chi connectivity index (χ4n) is 2.34. The highest BCUT2D eigenvalue weighted by Gasteiger charge is 2.16. The Bertz CT molecular complexity index is 823. The van der Waals surface area contributed by atoms with E-state index in [1.807, 2.05) is 6.92 Å². The Balaban J connectivity index is 1.73. The second-order valence-corrected chi connectivity index (χ2v) is 8.43. The second kappa shape index (κ2) is 9.73. The zero-order valence-electron chi connectivity index (χ0n) is 15.7. The van der Waals surface area contributed by atoms with Gasteiger partial charge in [0.15, 0.2) is 16.8 Å². The highest BCUT2D eigenvalue weighted by molar-refractivity contribution is 7.98. The van der Waals surface area contributed by atoms with Crippen LogP contribution < -0.4 is 10.0 Å². The van der Waals surface area contributed by atoms with Crippen LogP contribution >= 0.6 is 23.9 Å². The molecule has 1 aliphatic heterocycles. The Hall–Kier alpha value is -1.62. The van der Waals surface area contributed by atoms with Gasteiger partial charge in [-0.25, -0.2) is 23.1 Å². The number of thioether (sulfide) groups is 1. The van der Waals surface area contributed by atoms with Gasteiger partial charge in [0.1, 0.15) is 11.6 Å². The number of aliphatic hydroxyl groups is 1. The lowest BCUT2D eigenvalue weighted by molar-refractivity contribution is 0.281. The summed E-state index contributed by atoms with van der Waals surface area (Å²) in [6.07, 6.45) is 1.18. The molecule has 1 saturated heterocycles. The second-order valence-electron chi connectivity index (χ2n) is 6.58. The van der Waals surface area contributed by atoms with E-state index in [9.17, 15) is 13.9 Å². The van der Waals surface area contributed by atoms with E-state index < -0.39 is 11.6 Å².